The number of piperazine rings is 1. The summed E-state index contributed by atoms with van der Waals surface area (Å²) in [7, 11) is 0. The molecule has 1 N–H and O–H groups in total. The van der Waals surface area contributed by atoms with E-state index in [1.807, 2.05) is 18.2 Å². The molecule has 7 heteroatoms. The van der Waals surface area contributed by atoms with Crippen LogP contribution in [0, 0.1) is 0 Å². The van der Waals surface area contributed by atoms with Gasteiger partial charge in [-0.05, 0) is 31.9 Å². The number of urea groups is 1. The zero-order chi connectivity index (χ0) is 19.1. The van der Waals surface area contributed by atoms with Crippen LogP contribution >= 0.6 is 0 Å². The van der Waals surface area contributed by atoms with E-state index in [1.54, 1.807) is 16.7 Å². The average Bonchev–Trinajstić information content (AvgIpc) is 2.98. The summed E-state index contributed by atoms with van der Waals surface area (Å²) >= 11 is 0. The van der Waals surface area contributed by atoms with Crippen molar-refractivity contribution in [3.8, 4) is 0 Å². The van der Waals surface area contributed by atoms with Crippen molar-refractivity contribution in [2.75, 3.05) is 56.1 Å². The highest BCUT2D eigenvalue weighted by Gasteiger charge is 2.25. The first-order valence-corrected chi connectivity index (χ1v) is 10.0. The number of amides is 3. The van der Waals surface area contributed by atoms with Crippen molar-refractivity contribution in [1.82, 2.24) is 9.80 Å². The third-order valence-corrected chi connectivity index (χ3v) is 5.19. The Kier molecular flexibility index (Phi) is 6.79. The third-order valence-electron chi connectivity index (χ3n) is 5.19. The molecule has 0 unspecified atom stereocenters. The first-order valence-electron chi connectivity index (χ1n) is 10.0. The Balaban J connectivity index is 1.59. The molecule has 2 fully saturated rings. The molecule has 0 saturated carbocycles. The monoisotopic (exact) mass is 374 g/mol. The number of nitrogens with one attached hydrogen (secondary N) is 1. The summed E-state index contributed by atoms with van der Waals surface area (Å²) in [5.74, 6) is 0. The van der Waals surface area contributed by atoms with Crippen LogP contribution in [0.1, 0.15) is 32.6 Å². The van der Waals surface area contributed by atoms with Gasteiger partial charge < -0.3 is 24.8 Å². The number of benzene rings is 1. The van der Waals surface area contributed by atoms with Gasteiger partial charge in [0.05, 0.1) is 18.0 Å². The molecule has 0 bridgehead atoms. The molecule has 3 rings (SSSR count). The molecule has 148 valence electrons. The first kappa shape index (κ1) is 19.3. The quantitative estimate of drug-likeness (QED) is 0.881. The SMILES string of the molecule is CCOC(=O)N1CCN(C(=O)Nc2ccccc2N2CCCCCC2)CC1. The van der Waals surface area contributed by atoms with Crippen molar-refractivity contribution in [2.45, 2.75) is 32.6 Å². The first-order chi connectivity index (χ1) is 13.2. The number of carbonyl (C=O) groups excluding carboxylic acids is 2. The van der Waals surface area contributed by atoms with Gasteiger partial charge in [0.15, 0.2) is 0 Å². The number of ether oxygens (including phenoxy) is 1. The van der Waals surface area contributed by atoms with Crippen LogP contribution in [0.15, 0.2) is 24.3 Å². The normalized spacial score (nSPS) is 18.0. The summed E-state index contributed by atoms with van der Waals surface area (Å²) in [5.41, 5.74) is 1.95. The van der Waals surface area contributed by atoms with Crippen LogP contribution in [0.25, 0.3) is 0 Å². The van der Waals surface area contributed by atoms with Gasteiger partial charge in [0, 0.05) is 39.3 Å². The second-order valence-corrected chi connectivity index (χ2v) is 7.02. The standard InChI is InChI=1S/C20H30N4O3/c1-2-27-20(26)24-15-13-23(14-16-24)19(25)21-17-9-5-6-10-18(17)22-11-7-3-4-8-12-22/h5-6,9-10H,2-4,7-8,11-16H2,1H3,(H,21,25). The van der Waals surface area contributed by atoms with Crippen molar-refractivity contribution in [1.29, 1.82) is 0 Å². The number of para-hydroxylation sites is 2. The predicted octanol–water partition coefficient (Wildman–Crippen LogP) is 3.37. The minimum absolute atomic E-state index is 0.110. The summed E-state index contributed by atoms with van der Waals surface area (Å²) in [6.45, 7) is 6.25. The van der Waals surface area contributed by atoms with Crippen molar-refractivity contribution in [3.63, 3.8) is 0 Å². The van der Waals surface area contributed by atoms with Gasteiger partial charge in [-0.25, -0.2) is 9.59 Å². The zero-order valence-electron chi connectivity index (χ0n) is 16.2. The van der Waals surface area contributed by atoms with Crippen LogP contribution in [0.5, 0.6) is 0 Å². The van der Waals surface area contributed by atoms with Crippen molar-refractivity contribution in [2.24, 2.45) is 0 Å². The highest BCUT2D eigenvalue weighted by atomic mass is 16.6. The lowest BCUT2D eigenvalue weighted by molar-refractivity contribution is 0.0869. The summed E-state index contributed by atoms with van der Waals surface area (Å²) in [6, 6.07) is 7.91. The molecule has 7 nitrogen and oxygen atoms in total. The summed E-state index contributed by atoms with van der Waals surface area (Å²) in [5, 5.41) is 3.08. The Morgan fingerprint density at radius 2 is 1.56 bits per heavy atom. The fourth-order valence-corrected chi connectivity index (χ4v) is 3.67. The Morgan fingerprint density at radius 3 is 2.22 bits per heavy atom. The Labute approximate surface area is 161 Å². The Hall–Kier alpha value is -2.44. The maximum atomic E-state index is 12.7. The van der Waals surface area contributed by atoms with E-state index < -0.39 is 0 Å². The largest absolute Gasteiger partial charge is 0.450 e. The molecular weight excluding hydrogens is 344 g/mol. The molecule has 2 aliphatic heterocycles. The number of hydrogen-bond acceptors (Lipinski definition) is 4. The molecular formula is C20H30N4O3. The second-order valence-electron chi connectivity index (χ2n) is 7.02. The van der Waals surface area contributed by atoms with E-state index >= 15 is 0 Å². The minimum Gasteiger partial charge on any atom is -0.450 e. The van der Waals surface area contributed by atoms with Gasteiger partial charge >= 0.3 is 12.1 Å². The molecule has 1 aromatic rings. The van der Waals surface area contributed by atoms with Crippen molar-refractivity contribution in [3.05, 3.63) is 24.3 Å². The number of carbonyl (C=O) groups is 2. The Bertz CT molecular complexity index is 636. The molecule has 1 aromatic carbocycles. The van der Waals surface area contributed by atoms with Crippen LogP contribution in [-0.4, -0.2) is 67.8 Å². The van der Waals surface area contributed by atoms with E-state index in [0.29, 0.717) is 32.8 Å². The van der Waals surface area contributed by atoms with Gasteiger partial charge in [0.25, 0.3) is 0 Å². The fourth-order valence-electron chi connectivity index (χ4n) is 3.67. The maximum Gasteiger partial charge on any atom is 0.409 e. The van der Waals surface area contributed by atoms with E-state index in [9.17, 15) is 9.59 Å². The number of rotatable bonds is 3. The Morgan fingerprint density at radius 1 is 0.926 bits per heavy atom. The van der Waals surface area contributed by atoms with Crippen LogP contribution < -0.4 is 10.2 Å². The van der Waals surface area contributed by atoms with Gasteiger partial charge in [0.2, 0.25) is 0 Å². The summed E-state index contributed by atoms with van der Waals surface area (Å²) in [4.78, 5) is 30.3. The smallest absolute Gasteiger partial charge is 0.409 e. The van der Waals surface area contributed by atoms with Crippen LogP contribution in [-0.2, 0) is 4.74 Å². The molecule has 2 saturated heterocycles. The van der Waals surface area contributed by atoms with Gasteiger partial charge in [-0.3, -0.25) is 0 Å². The van der Waals surface area contributed by atoms with Crippen molar-refractivity contribution >= 4 is 23.5 Å². The van der Waals surface area contributed by atoms with Crippen LogP contribution in [0.4, 0.5) is 21.0 Å². The number of anilines is 2. The van der Waals surface area contributed by atoms with Crippen molar-refractivity contribution < 1.29 is 14.3 Å². The fraction of sp³-hybridized carbons (Fsp3) is 0.600. The molecule has 0 radical (unpaired) electrons. The summed E-state index contributed by atoms with van der Waals surface area (Å²) < 4.78 is 5.03. The van der Waals surface area contributed by atoms with Gasteiger partial charge in [0.1, 0.15) is 0 Å². The molecule has 27 heavy (non-hydrogen) atoms. The van der Waals surface area contributed by atoms with E-state index in [-0.39, 0.29) is 12.1 Å². The van der Waals surface area contributed by atoms with Gasteiger partial charge in [-0.15, -0.1) is 0 Å². The molecule has 0 aromatic heterocycles. The highest BCUT2D eigenvalue weighted by molar-refractivity contribution is 5.93. The lowest BCUT2D eigenvalue weighted by atomic mass is 10.2. The van der Waals surface area contributed by atoms with E-state index in [2.05, 4.69) is 16.3 Å². The van der Waals surface area contributed by atoms with Crippen LogP contribution in [0.3, 0.4) is 0 Å². The van der Waals surface area contributed by atoms with E-state index in [1.165, 1.54) is 25.7 Å². The lowest BCUT2D eigenvalue weighted by Gasteiger charge is -2.34. The lowest BCUT2D eigenvalue weighted by Crippen LogP contribution is -2.51. The van der Waals surface area contributed by atoms with E-state index in [4.69, 9.17) is 4.74 Å². The number of nitrogens with zero attached hydrogens (tertiary/aromatic N) is 3. The molecule has 0 aliphatic carbocycles. The highest BCUT2D eigenvalue weighted by Crippen LogP contribution is 2.28. The maximum absolute atomic E-state index is 12.7. The number of hydrogen-bond donors (Lipinski definition) is 1. The average molecular weight is 374 g/mol. The molecule has 3 amide bonds. The topological polar surface area (TPSA) is 65.1 Å². The van der Waals surface area contributed by atoms with Crippen LogP contribution in [0.2, 0.25) is 0 Å². The molecule has 2 aliphatic rings. The molecule has 0 atom stereocenters. The molecule has 0 spiro atoms. The summed E-state index contributed by atoms with van der Waals surface area (Å²) in [6.07, 6.45) is 4.63. The minimum atomic E-state index is -0.302. The predicted molar refractivity (Wildman–Crippen MR) is 106 cm³/mol. The van der Waals surface area contributed by atoms with Gasteiger partial charge in [-0.1, -0.05) is 25.0 Å². The van der Waals surface area contributed by atoms with E-state index in [0.717, 1.165) is 24.5 Å². The second kappa shape index (κ2) is 9.48. The zero-order valence-corrected chi connectivity index (χ0v) is 16.2. The molecule has 2 heterocycles. The van der Waals surface area contributed by atoms with Gasteiger partial charge in [-0.2, -0.15) is 0 Å². The third kappa shape index (κ3) is 5.05.